The molecule has 1 aliphatic rings. The lowest BCUT2D eigenvalue weighted by Crippen LogP contribution is -2.35. The second kappa shape index (κ2) is 5.95. The highest BCUT2D eigenvalue weighted by Crippen LogP contribution is 2.32. The van der Waals surface area contributed by atoms with E-state index in [1.807, 2.05) is 6.08 Å². The average Bonchev–Trinajstić information content (AvgIpc) is 2.27. The molecule has 0 spiro atoms. The van der Waals surface area contributed by atoms with Crippen molar-refractivity contribution in [2.75, 3.05) is 5.73 Å². The molecule has 1 aromatic rings. The molecule has 4 nitrogen and oxygen atoms in total. The van der Waals surface area contributed by atoms with E-state index in [4.69, 9.17) is 5.73 Å². The molecular weight excluding hydrogens is 396 g/mol. The van der Waals surface area contributed by atoms with Crippen molar-refractivity contribution < 1.29 is 8.42 Å². The molecule has 7 heteroatoms. The minimum absolute atomic E-state index is 0.0649. The van der Waals surface area contributed by atoms with Crippen molar-refractivity contribution in [2.45, 2.75) is 30.2 Å². The predicted octanol–water partition coefficient (Wildman–Crippen LogP) is 3.18. The molecule has 1 aliphatic carbocycles. The van der Waals surface area contributed by atoms with Gasteiger partial charge < -0.3 is 5.73 Å². The quantitative estimate of drug-likeness (QED) is 0.594. The molecule has 0 heterocycles. The molecule has 1 aromatic carbocycles. The highest BCUT2D eigenvalue weighted by atomic mass is 79.9. The molecule has 2 rings (SSSR count). The van der Waals surface area contributed by atoms with Crippen molar-refractivity contribution in [3.8, 4) is 0 Å². The first-order valence-electron chi connectivity index (χ1n) is 5.82. The van der Waals surface area contributed by atoms with Crippen molar-refractivity contribution in [1.82, 2.24) is 4.72 Å². The maximum absolute atomic E-state index is 12.4. The van der Waals surface area contributed by atoms with Gasteiger partial charge in [-0.25, -0.2) is 13.1 Å². The third-order valence-electron chi connectivity index (χ3n) is 2.90. The lowest BCUT2D eigenvalue weighted by Gasteiger charge is -2.20. The summed E-state index contributed by atoms with van der Waals surface area (Å²) >= 11 is 6.53. The molecule has 104 valence electrons. The zero-order chi connectivity index (χ0) is 14.0. The standard InChI is InChI=1S/C12H14Br2N2O2S/c13-8-6-10(14)12(11(15)7-8)19(17,18)16-9-4-2-1-3-5-9/h1-2,6-7,9,16H,3-5,15H2. The van der Waals surface area contributed by atoms with Crippen LogP contribution in [0, 0.1) is 0 Å². The van der Waals surface area contributed by atoms with E-state index >= 15 is 0 Å². The minimum atomic E-state index is -3.61. The van der Waals surface area contributed by atoms with Crippen LogP contribution in [0.4, 0.5) is 5.69 Å². The molecule has 0 bridgehead atoms. The van der Waals surface area contributed by atoms with Crippen LogP contribution in [0.1, 0.15) is 19.3 Å². The smallest absolute Gasteiger partial charge is 0.244 e. The molecule has 19 heavy (non-hydrogen) atoms. The Kier molecular flexibility index (Phi) is 4.70. The number of sulfonamides is 1. The van der Waals surface area contributed by atoms with Gasteiger partial charge in [0.05, 0.1) is 5.69 Å². The molecule has 0 saturated heterocycles. The fraction of sp³-hybridized carbons (Fsp3) is 0.333. The third kappa shape index (κ3) is 3.59. The maximum Gasteiger partial charge on any atom is 0.244 e. The van der Waals surface area contributed by atoms with Crippen LogP contribution in [0.15, 0.2) is 38.1 Å². The molecule has 0 saturated carbocycles. The van der Waals surface area contributed by atoms with Crippen LogP contribution < -0.4 is 10.5 Å². The second-order valence-corrected chi connectivity index (χ2v) is 7.83. The number of rotatable bonds is 3. The first-order valence-corrected chi connectivity index (χ1v) is 8.89. The number of halogens is 2. The van der Waals surface area contributed by atoms with E-state index in [9.17, 15) is 8.42 Å². The highest BCUT2D eigenvalue weighted by Gasteiger charge is 2.25. The van der Waals surface area contributed by atoms with Crippen LogP contribution in [0.25, 0.3) is 0 Å². The van der Waals surface area contributed by atoms with E-state index in [2.05, 4.69) is 42.7 Å². The summed E-state index contributed by atoms with van der Waals surface area (Å²) in [4.78, 5) is 0.102. The molecule has 3 N–H and O–H groups in total. The molecule has 1 atom stereocenters. The Morgan fingerprint density at radius 2 is 2.00 bits per heavy atom. The Bertz CT molecular complexity index is 591. The SMILES string of the molecule is Nc1cc(Br)cc(Br)c1S(=O)(=O)NC1CC=CCC1. The van der Waals surface area contributed by atoms with Gasteiger partial charge in [-0.15, -0.1) is 0 Å². The fourth-order valence-electron chi connectivity index (χ4n) is 2.04. The molecule has 1 unspecified atom stereocenters. The number of allylic oxidation sites excluding steroid dienone is 1. The Labute approximate surface area is 129 Å². The summed E-state index contributed by atoms with van der Waals surface area (Å²) in [5, 5.41) is 0. The highest BCUT2D eigenvalue weighted by molar-refractivity contribution is 9.11. The van der Waals surface area contributed by atoms with Gasteiger partial charge in [0.1, 0.15) is 4.90 Å². The largest absolute Gasteiger partial charge is 0.398 e. The normalized spacial score (nSPS) is 19.6. The van der Waals surface area contributed by atoms with E-state index in [0.717, 1.165) is 17.3 Å². The number of nitrogens with two attached hydrogens (primary N) is 1. The summed E-state index contributed by atoms with van der Waals surface area (Å²) in [6.45, 7) is 0. The van der Waals surface area contributed by atoms with Gasteiger partial charge in [-0.3, -0.25) is 0 Å². The molecule has 0 radical (unpaired) electrons. The van der Waals surface area contributed by atoms with Crippen LogP contribution in [0.2, 0.25) is 0 Å². The second-order valence-electron chi connectivity index (χ2n) is 4.41. The van der Waals surface area contributed by atoms with Gasteiger partial charge in [0, 0.05) is 15.0 Å². The van der Waals surface area contributed by atoms with Crippen LogP contribution in [-0.2, 0) is 10.0 Å². The van der Waals surface area contributed by atoms with Crippen molar-refractivity contribution >= 4 is 47.6 Å². The predicted molar refractivity (Wildman–Crippen MR) is 83.4 cm³/mol. The third-order valence-corrected chi connectivity index (χ3v) is 5.88. The first-order chi connectivity index (χ1) is 8.90. The van der Waals surface area contributed by atoms with Crippen molar-refractivity contribution in [3.63, 3.8) is 0 Å². The number of benzene rings is 1. The number of nitrogens with one attached hydrogen (secondary N) is 1. The van der Waals surface area contributed by atoms with E-state index in [1.54, 1.807) is 12.1 Å². The van der Waals surface area contributed by atoms with Gasteiger partial charge >= 0.3 is 0 Å². The summed E-state index contributed by atoms with van der Waals surface area (Å²) in [6.07, 6.45) is 6.48. The van der Waals surface area contributed by atoms with Gasteiger partial charge in [0.2, 0.25) is 10.0 Å². The first kappa shape index (κ1) is 15.0. The van der Waals surface area contributed by atoms with E-state index in [-0.39, 0.29) is 16.6 Å². The zero-order valence-corrected chi connectivity index (χ0v) is 14.1. The molecular formula is C12H14Br2N2O2S. The average molecular weight is 410 g/mol. The van der Waals surface area contributed by atoms with Crippen LogP contribution in [0.5, 0.6) is 0 Å². The van der Waals surface area contributed by atoms with Crippen molar-refractivity contribution in [3.05, 3.63) is 33.2 Å². The van der Waals surface area contributed by atoms with E-state index in [1.165, 1.54) is 0 Å². The zero-order valence-electron chi connectivity index (χ0n) is 10.1. The van der Waals surface area contributed by atoms with Crippen LogP contribution in [0.3, 0.4) is 0 Å². The number of hydrogen-bond acceptors (Lipinski definition) is 3. The molecule has 0 fully saturated rings. The van der Waals surface area contributed by atoms with Gasteiger partial charge in [0.15, 0.2) is 0 Å². The van der Waals surface area contributed by atoms with E-state index in [0.29, 0.717) is 10.9 Å². The Morgan fingerprint density at radius 1 is 1.26 bits per heavy atom. The number of hydrogen-bond donors (Lipinski definition) is 2. The van der Waals surface area contributed by atoms with Crippen LogP contribution in [-0.4, -0.2) is 14.5 Å². The Morgan fingerprint density at radius 3 is 2.58 bits per heavy atom. The summed E-state index contributed by atoms with van der Waals surface area (Å²) in [5.74, 6) is 0. The summed E-state index contributed by atoms with van der Waals surface area (Å²) < 4.78 is 28.7. The lowest BCUT2D eigenvalue weighted by atomic mass is 10.0. The maximum atomic E-state index is 12.4. The van der Waals surface area contributed by atoms with E-state index < -0.39 is 10.0 Å². The topological polar surface area (TPSA) is 72.2 Å². The Hall–Kier alpha value is -0.370. The van der Waals surface area contributed by atoms with Gasteiger partial charge in [-0.2, -0.15) is 0 Å². The summed E-state index contributed by atoms with van der Waals surface area (Å²) in [5.41, 5.74) is 6.04. The van der Waals surface area contributed by atoms with Crippen molar-refractivity contribution in [1.29, 1.82) is 0 Å². The fourth-order valence-corrected chi connectivity index (χ4v) is 5.40. The van der Waals surface area contributed by atoms with Gasteiger partial charge in [-0.1, -0.05) is 28.1 Å². The van der Waals surface area contributed by atoms with Crippen molar-refractivity contribution in [2.24, 2.45) is 0 Å². The summed E-state index contributed by atoms with van der Waals surface area (Å²) in [6, 6.07) is 3.19. The van der Waals surface area contributed by atoms with Gasteiger partial charge in [0.25, 0.3) is 0 Å². The molecule has 0 aliphatic heterocycles. The number of nitrogen functional groups attached to an aromatic ring is 1. The lowest BCUT2D eigenvalue weighted by molar-refractivity contribution is 0.522. The molecule has 0 aromatic heterocycles. The number of anilines is 1. The monoisotopic (exact) mass is 408 g/mol. The molecule has 0 amide bonds. The minimum Gasteiger partial charge on any atom is -0.398 e. The van der Waals surface area contributed by atoms with Gasteiger partial charge in [-0.05, 0) is 47.3 Å². The summed E-state index contributed by atoms with van der Waals surface area (Å²) in [7, 11) is -3.61. The van der Waals surface area contributed by atoms with Crippen LogP contribution >= 0.6 is 31.9 Å². The Balaban J connectivity index is 2.32.